The van der Waals surface area contributed by atoms with Crippen LogP contribution in [0.3, 0.4) is 0 Å². The third-order valence-electron chi connectivity index (χ3n) is 4.27. The maximum atomic E-state index is 12.8. The molecule has 1 saturated heterocycles. The van der Waals surface area contributed by atoms with Gasteiger partial charge in [0.25, 0.3) is 0 Å². The van der Waals surface area contributed by atoms with Gasteiger partial charge in [0.1, 0.15) is 0 Å². The SMILES string of the molecule is CC(=O)OCC1OC([Se]C(=O)c2ccc(C)cc2)C(OC(C)=O)C(N)C1OC(C)=O. The van der Waals surface area contributed by atoms with E-state index in [-0.39, 0.29) is 11.3 Å². The molecule has 1 fully saturated rings. The summed E-state index contributed by atoms with van der Waals surface area (Å²) in [7, 11) is 0. The molecule has 164 valence electrons. The van der Waals surface area contributed by atoms with E-state index in [1.165, 1.54) is 20.8 Å². The first-order chi connectivity index (χ1) is 14.1. The summed E-state index contributed by atoms with van der Waals surface area (Å²) in [4.78, 5) is 47.2. The van der Waals surface area contributed by atoms with Crippen LogP contribution in [0.4, 0.5) is 0 Å². The van der Waals surface area contributed by atoms with E-state index in [1.54, 1.807) is 12.1 Å². The maximum absolute atomic E-state index is 12.8. The van der Waals surface area contributed by atoms with Crippen LogP contribution in [0.15, 0.2) is 24.3 Å². The minimum atomic E-state index is -1.02. The number of ether oxygens (including phenoxy) is 4. The molecule has 0 radical (unpaired) electrons. The van der Waals surface area contributed by atoms with Crippen LogP contribution >= 0.6 is 0 Å². The van der Waals surface area contributed by atoms with Crippen molar-refractivity contribution in [2.24, 2.45) is 5.73 Å². The van der Waals surface area contributed by atoms with E-state index < -0.39 is 62.2 Å². The first-order valence-electron chi connectivity index (χ1n) is 9.25. The second kappa shape index (κ2) is 10.7. The van der Waals surface area contributed by atoms with Crippen molar-refractivity contribution in [2.45, 2.75) is 57.1 Å². The Bertz CT molecular complexity index is 795. The zero-order chi connectivity index (χ0) is 22.4. The Kier molecular flexibility index (Phi) is 8.54. The molecule has 9 nitrogen and oxygen atoms in total. The molecule has 0 spiro atoms. The Morgan fingerprint density at radius 2 is 1.53 bits per heavy atom. The Morgan fingerprint density at radius 3 is 2.07 bits per heavy atom. The van der Waals surface area contributed by atoms with Gasteiger partial charge in [-0.25, -0.2) is 0 Å². The third-order valence-corrected chi connectivity index (χ3v) is 6.49. The van der Waals surface area contributed by atoms with E-state index in [1.807, 2.05) is 19.1 Å². The van der Waals surface area contributed by atoms with Gasteiger partial charge in [0.15, 0.2) is 0 Å². The second-order valence-corrected chi connectivity index (χ2v) is 9.09. The molecule has 0 amide bonds. The molecule has 1 aromatic rings. The summed E-state index contributed by atoms with van der Waals surface area (Å²) in [5.74, 6) is -1.77. The van der Waals surface area contributed by atoms with E-state index in [0.29, 0.717) is 5.56 Å². The molecule has 1 heterocycles. The second-order valence-electron chi connectivity index (χ2n) is 6.84. The zero-order valence-corrected chi connectivity index (χ0v) is 18.9. The van der Waals surface area contributed by atoms with E-state index in [0.717, 1.165) is 5.56 Å². The number of aryl methyl sites for hydroxylation is 1. The first kappa shape index (κ1) is 24.0. The number of nitrogens with two attached hydrogens (primary N) is 1. The molecule has 0 saturated carbocycles. The van der Waals surface area contributed by atoms with Crippen molar-refractivity contribution in [3.05, 3.63) is 35.4 Å². The van der Waals surface area contributed by atoms with E-state index >= 15 is 0 Å². The molecule has 30 heavy (non-hydrogen) atoms. The van der Waals surface area contributed by atoms with Crippen molar-refractivity contribution in [2.75, 3.05) is 6.61 Å². The van der Waals surface area contributed by atoms with Crippen LogP contribution in [0.2, 0.25) is 0 Å². The average Bonchev–Trinajstić information content (AvgIpc) is 2.65. The molecule has 2 N–H and O–H groups in total. The number of carbonyl (C=O) groups excluding carboxylic acids is 4. The van der Waals surface area contributed by atoms with E-state index in [9.17, 15) is 19.2 Å². The summed E-state index contributed by atoms with van der Waals surface area (Å²) < 4.78 is 21.4. The standard InChI is InChI=1S/C20H25NO8Se/c1-10-5-7-14(8-6-10)19(25)30-20-18(28-13(4)24)16(21)17(27-12(3)23)15(29-20)9-26-11(2)22/h5-8,15-18,20H,9,21H2,1-4H3. The minimum absolute atomic E-state index is 0.172. The van der Waals surface area contributed by atoms with Gasteiger partial charge in [-0.2, -0.15) is 0 Å². The van der Waals surface area contributed by atoms with Gasteiger partial charge >= 0.3 is 180 Å². The number of rotatable bonds is 7. The van der Waals surface area contributed by atoms with Crippen LogP contribution < -0.4 is 5.73 Å². The Morgan fingerprint density at radius 1 is 0.967 bits per heavy atom. The van der Waals surface area contributed by atoms with Crippen LogP contribution in [-0.4, -0.2) is 73.5 Å². The molecule has 1 aliphatic heterocycles. The summed E-state index contributed by atoms with van der Waals surface area (Å²) in [5.41, 5.74) is 7.78. The van der Waals surface area contributed by atoms with Gasteiger partial charge in [0.2, 0.25) is 0 Å². The Balaban J connectivity index is 2.28. The summed E-state index contributed by atoms with van der Waals surface area (Å²) in [5, 5.41) is -0.849. The van der Waals surface area contributed by atoms with Crippen LogP contribution in [0.5, 0.6) is 0 Å². The molecule has 0 bridgehead atoms. The van der Waals surface area contributed by atoms with Crippen molar-refractivity contribution in [1.82, 2.24) is 0 Å². The van der Waals surface area contributed by atoms with Gasteiger partial charge in [-0.05, 0) is 0 Å². The Hall–Kier alpha value is -2.26. The fraction of sp³-hybridized carbons (Fsp3) is 0.500. The summed E-state index contributed by atoms with van der Waals surface area (Å²) in [6.07, 6.45) is -2.93. The molecule has 0 aromatic heterocycles. The molecule has 10 heteroatoms. The molecular weight excluding hydrogens is 461 g/mol. The zero-order valence-electron chi connectivity index (χ0n) is 17.2. The first-order valence-corrected chi connectivity index (χ1v) is 11.1. The molecule has 5 unspecified atom stereocenters. The van der Waals surface area contributed by atoms with Crippen molar-refractivity contribution in [3.63, 3.8) is 0 Å². The normalized spacial score (nSPS) is 25.8. The van der Waals surface area contributed by atoms with Crippen LogP contribution in [0, 0.1) is 6.92 Å². The molecule has 5 atom stereocenters. The monoisotopic (exact) mass is 487 g/mol. The van der Waals surface area contributed by atoms with Crippen molar-refractivity contribution >= 4 is 37.5 Å². The van der Waals surface area contributed by atoms with Crippen molar-refractivity contribution in [3.8, 4) is 0 Å². The quantitative estimate of drug-likeness (QED) is 0.329. The topological polar surface area (TPSA) is 131 Å². The molecule has 2 rings (SSSR count). The van der Waals surface area contributed by atoms with Crippen molar-refractivity contribution < 1.29 is 38.1 Å². The van der Waals surface area contributed by atoms with Crippen LogP contribution in [0.1, 0.15) is 36.7 Å². The van der Waals surface area contributed by atoms with Gasteiger partial charge < -0.3 is 0 Å². The molecular formula is C20H25NO8Se. The fourth-order valence-corrected chi connectivity index (χ4v) is 5.12. The number of hydrogen-bond donors (Lipinski definition) is 1. The van der Waals surface area contributed by atoms with E-state index in [2.05, 4.69) is 0 Å². The number of esters is 3. The predicted molar refractivity (Wildman–Crippen MR) is 106 cm³/mol. The third kappa shape index (κ3) is 6.63. The summed E-state index contributed by atoms with van der Waals surface area (Å²) in [6.45, 7) is 5.33. The predicted octanol–water partition coefficient (Wildman–Crippen LogP) is 0.318. The van der Waals surface area contributed by atoms with Gasteiger partial charge in [-0.15, -0.1) is 0 Å². The average molecular weight is 486 g/mol. The Labute approximate surface area is 180 Å². The summed E-state index contributed by atoms with van der Waals surface area (Å²) >= 11 is -0.817. The van der Waals surface area contributed by atoms with Gasteiger partial charge in [-0.1, -0.05) is 0 Å². The number of hydrogen-bond acceptors (Lipinski definition) is 9. The van der Waals surface area contributed by atoms with Gasteiger partial charge in [-0.3, -0.25) is 0 Å². The summed E-state index contributed by atoms with van der Waals surface area (Å²) in [6, 6.07) is 6.09. The van der Waals surface area contributed by atoms with Crippen molar-refractivity contribution in [1.29, 1.82) is 0 Å². The van der Waals surface area contributed by atoms with Crippen LogP contribution in [-0.2, 0) is 33.3 Å². The molecule has 0 aliphatic carbocycles. The van der Waals surface area contributed by atoms with Gasteiger partial charge in [0, 0.05) is 0 Å². The fourth-order valence-electron chi connectivity index (χ4n) is 2.91. The van der Waals surface area contributed by atoms with E-state index in [4.69, 9.17) is 24.7 Å². The van der Waals surface area contributed by atoms with Crippen LogP contribution in [0.25, 0.3) is 0 Å². The number of carbonyl (C=O) groups is 4. The molecule has 1 aromatic carbocycles. The van der Waals surface area contributed by atoms with Gasteiger partial charge in [0.05, 0.1) is 0 Å². The molecule has 1 aliphatic rings. The number of benzene rings is 1.